The first-order chi connectivity index (χ1) is 12.0. The zero-order valence-electron chi connectivity index (χ0n) is 13.1. The summed E-state index contributed by atoms with van der Waals surface area (Å²) in [5.41, 5.74) is 2.60. The summed E-state index contributed by atoms with van der Waals surface area (Å²) in [5, 5.41) is 13.3. The van der Waals surface area contributed by atoms with E-state index in [2.05, 4.69) is 5.16 Å². The van der Waals surface area contributed by atoms with Gasteiger partial charge in [-0.15, -0.1) is 0 Å². The molecule has 1 atom stereocenters. The van der Waals surface area contributed by atoms with E-state index in [1.165, 1.54) is 6.07 Å². The fraction of sp³-hybridized carbons (Fsp3) is 0.353. The molecular weight excluding hydrogens is 348 g/mol. The maximum atomic E-state index is 12.4. The monoisotopic (exact) mass is 362 g/mol. The van der Waals surface area contributed by atoms with Crippen LogP contribution in [0.25, 0.3) is 0 Å². The number of fused-ring (bicyclic) bond motifs is 1. The highest BCUT2D eigenvalue weighted by atomic mass is 35.5. The van der Waals surface area contributed by atoms with Crippen LogP contribution in [0.5, 0.6) is 0 Å². The highest BCUT2D eigenvalue weighted by Gasteiger charge is 2.36. The van der Waals surface area contributed by atoms with Crippen LogP contribution in [0, 0.1) is 0 Å². The molecule has 0 saturated carbocycles. The molecule has 1 fully saturated rings. The van der Waals surface area contributed by atoms with Crippen molar-refractivity contribution in [1.82, 2.24) is 10.1 Å². The zero-order valence-corrected chi connectivity index (χ0v) is 13.9. The van der Waals surface area contributed by atoms with E-state index in [9.17, 15) is 9.59 Å². The molecule has 1 saturated heterocycles. The van der Waals surface area contributed by atoms with Crippen LogP contribution in [-0.2, 0) is 16.1 Å². The standard InChI is InChI=1S/C17H15ClN2O5/c18-11-1-2-12-9(3-11)8-24-14(12)5-16(21)20-6-10(7-20)13-4-15(17(22)23)25-19-13/h1-4,10,14H,5-8H2,(H,22,23). The summed E-state index contributed by atoms with van der Waals surface area (Å²) in [6.45, 7) is 1.47. The molecule has 0 spiro atoms. The van der Waals surface area contributed by atoms with Gasteiger partial charge in [-0.25, -0.2) is 4.79 Å². The van der Waals surface area contributed by atoms with Gasteiger partial charge in [0, 0.05) is 30.1 Å². The molecule has 2 aromatic rings. The summed E-state index contributed by atoms with van der Waals surface area (Å²) in [6, 6.07) is 6.99. The number of carbonyl (C=O) groups excluding carboxylic acids is 1. The minimum absolute atomic E-state index is 0.00556. The van der Waals surface area contributed by atoms with E-state index >= 15 is 0 Å². The van der Waals surface area contributed by atoms with Crippen molar-refractivity contribution in [3.05, 3.63) is 51.9 Å². The van der Waals surface area contributed by atoms with Gasteiger partial charge in [0.2, 0.25) is 11.7 Å². The SMILES string of the molecule is O=C(O)c1cc(C2CN(C(=O)CC3OCc4cc(Cl)ccc43)C2)no1. The Balaban J connectivity index is 1.34. The molecule has 1 aromatic carbocycles. The maximum absolute atomic E-state index is 12.4. The van der Waals surface area contributed by atoms with Crippen LogP contribution in [0.3, 0.4) is 0 Å². The lowest BCUT2D eigenvalue weighted by Gasteiger charge is -2.38. The first-order valence-electron chi connectivity index (χ1n) is 7.89. The number of aromatic nitrogens is 1. The Labute approximate surface area is 148 Å². The lowest BCUT2D eigenvalue weighted by Crippen LogP contribution is -2.48. The highest BCUT2D eigenvalue weighted by Crippen LogP contribution is 2.36. The quantitative estimate of drug-likeness (QED) is 0.898. The molecule has 2 aliphatic heterocycles. The number of nitrogens with zero attached hydrogens (tertiary/aromatic N) is 2. The molecule has 25 heavy (non-hydrogen) atoms. The molecule has 1 unspecified atom stereocenters. The summed E-state index contributed by atoms with van der Waals surface area (Å²) in [6.07, 6.45) is 0.0325. The number of halogens is 1. The van der Waals surface area contributed by atoms with E-state index < -0.39 is 5.97 Å². The van der Waals surface area contributed by atoms with Crippen molar-refractivity contribution < 1.29 is 24.0 Å². The molecular formula is C17H15ClN2O5. The van der Waals surface area contributed by atoms with Gasteiger partial charge in [0.1, 0.15) is 0 Å². The highest BCUT2D eigenvalue weighted by molar-refractivity contribution is 6.30. The number of carbonyl (C=O) groups is 2. The fourth-order valence-electron chi connectivity index (χ4n) is 3.20. The second-order valence-corrected chi connectivity index (χ2v) is 6.70. The van der Waals surface area contributed by atoms with Crippen molar-refractivity contribution in [2.45, 2.75) is 25.0 Å². The van der Waals surface area contributed by atoms with Crippen LogP contribution >= 0.6 is 11.6 Å². The van der Waals surface area contributed by atoms with Gasteiger partial charge in [0.15, 0.2) is 0 Å². The van der Waals surface area contributed by atoms with Crippen molar-refractivity contribution in [3.63, 3.8) is 0 Å². The molecule has 2 aliphatic rings. The number of hydrogen-bond donors (Lipinski definition) is 1. The number of aromatic carboxylic acids is 1. The zero-order chi connectivity index (χ0) is 17.6. The second-order valence-electron chi connectivity index (χ2n) is 6.26. The third kappa shape index (κ3) is 3.01. The fourth-order valence-corrected chi connectivity index (χ4v) is 3.40. The third-order valence-electron chi connectivity index (χ3n) is 4.64. The first kappa shape index (κ1) is 16.1. The van der Waals surface area contributed by atoms with E-state index in [1.807, 2.05) is 12.1 Å². The first-order valence-corrected chi connectivity index (χ1v) is 8.26. The van der Waals surface area contributed by atoms with Crippen LogP contribution < -0.4 is 0 Å². The van der Waals surface area contributed by atoms with E-state index in [4.69, 9.17) is 26.0 Å². The average molecular weight is 363 g/mol. The van der Waals surface area contributed by atoms with Gasteiger partial charge in [0.25, 0.3) is 0 Å². The number of hydrogen-bond acceptors (Lipinski definition) is 5. The second kappa shape index (κ2) is 6.16. The van der Waals surface area contributed by atoms with E-state index in [1.54, 1.807) is 11.0 Å². The number of amides is 1. The van der Waals surface area contributed by atoms with Crippen LogP contribution in [0.15, 0.2) is 28.8 Å². The summed E-state index contributed by atoms with van der Waals surface area (Å²) < 4.78 is 10.5. The van der Waals surface area contributed by atoms with E-state index in [0.717, 1.165) is 11.1 Å². The predicted octanol–water partition coefficient (Wildman–Crippen LogP) is 2.61. The molecule has 7 nitrogen and oxygen atoms in total. The lowest BCUT2D eigenvalue weighted by atomic mass is 9.94. The number of carboxylic acid groups (broad SMARTS) is 1. The molecule has 1 amide bonds. The van der Waals surface area contributed by atoms with E-state index in [0.29, 0.717) is 30.4 Å². The lowest BCUT2D eigenvalue weighted by molar-refractivity contribution is -0.138. The largest absolute Gasteiger partial charge is 0.475 e. The van der Waals surface area contributed by atoms with Gasteiger partial charge >= 0.3 is 5.97 Å². The maximum Gasteiger partial charge on any atom is 0.374 e. The van der Waals surface area contributed by atoms with Crippen LogP contribution in [0.1, 0.15) is 45.8 Å². The summed E-state index contributed by atoms with van der Waals surface area (Å²) >= 11 is 5.97. The Morgan fingerprint density at radius 2 is 2.12 bits per heavy atom. The third-order valence-corrected chi connectivity index (χ3v) is 4.88. The molecule has 3 heterocycles. The normalized spacial score (nSPS) is 19.6. The van der Waals surface area contributed by atoms with Gasteiger partial charge in [0.05, 0.1) is 24.8 Å². The van der Waals surface area contributed by atoms with Gasteiger partial charge in [-0.2, -0.15) is 0 Å². The summed E-state index contributed by atoms with van der Waals surface area (Å²) in [4.78, 5) is 25.0. The topological polar surface area (TPSA) is 92.9 Å². The van der Waals surface area contributed by atoms with Gasteiger partial charge in [-0.05, 0) is 23.3 Å². The molecule has 1 aromatic heterocycles. The van der Waals surface area contributed by atoms with Crippen molar-refractivity contribution in [2.75, 3.05) is 13.1 Å². The number of rotatable bonds is 4. The molecule has 130 valence electrons. The summed E-state index contributed by atoms with van der Waals surface area (Å²) in [5.74, 6) is -1.32. The molecule has 0 radical (unpaired) electrons. The molecule has 0 bridgehead atoms. The number of carboxylic acids is 1. The average Bonchev–Trinajstić information content (AvgIpc) is 3.13. The Bertz CT molecular complexity index is 843. The van der Waals surface area contributed by atoms with E-state index in [-0.39, 0.29) is 30.1 Å². The Morgan fingerprint density at radius 3 is 2.84 bits per heavy atom. The Hall–Kier alpha value is -2.38. The van der Waals surface area contributed by atoms with Crippen molar-refractivity contribution in [1.29, 1.82) is 0 Å². The number of benzene rings is 1. The molecule has 0 aliphatic carbocycles. The number of ether oxygens (including phenoxy) is 1. The predicted molar refractivity (Wildman–Crippen MR) is 86.4 cm³/mol. The molecule has 1 N–H and O–H groups in total. The number of likely N-dealkylation sites (tertiary alicyclic amines) is 1. The smallest absolute Gasteiger partial charge is 0.374 e. The van der Waals surface area contributed by atoms with Crippen molar-refractivity contribution in [3.8, 4) is 0 Å². The Kier molecular flexibility index (Phi) is 3.97. The Morgan fingerprint density at radius 1 is 1.32 bits per heavy atom. The van der Waals surface area contributed by atoms with Crippen molar-refractivity contribution in [2.24, 2.45) is 0 Å². The summed E-state index contributed by atoms with van der Waals surface area (Å²) in [7, 11) is 0. The molecule has 4 rings (SSSR count). The van der Waals surface area contributed by atoms with Gasteiger partial charge < -0.3 is 19.3 Å². The van der Waals surface area contributed by atoms with Crippen LogP contribution in [-0.4, -0.2) is 40.1 Å². The van der Waals surface area contributed by atoms with Gasteiger partial charge in [-0.1, -0.05) is 22.8 Å². The minimum atomic E-state index is -1.15. The van der Waals surface area contributed by atoms with Gasteiger partial charge in [-0.3, -0.25) is 4.79 Å². The van der Waals surface area contributed by atoms with Crippen molar-refractivity contribution >= 4 is 23.5 Å². The molecule has 8 heteroatoms. The minimum Gasteiger partial charge on any atom is -0.475 e. The van der Waals surface area contributed by atoms with Crippen LogP contribution in [0.4, 0.5) is 0 Å². The van der Waals surface area contributed by atoms with Crippen LogP contribution in [0.2, 0.25) is 5.02 Å².